The fourth-order valence-corrected chi connectivity index (χ4v) is 2.14. The Morgan fingerprint density at radius 3 is 2.90 bits per heavy atom. The Kier molecular flexibility index (Phi) is 6.93. The molecule has 0 amide bonds. The summed E-state index contributed by atoms with van der Waals surface area (Å²) in [5, 5.41) is 14.2. The molecule has 1 aromatic carbocycles. The highest BCUT2D eigenvalue weighted by Gasteiger charge is 2.16. The van der Waals surface area contributed by atoms with E-state index in [1.165, 1.54) is 6.07 Å². The van der Waals surface area contributed by atoms with E-state index in [4.69, 9.17) is 4.74 Å². The maximum absolute atomic E-state index is 10.9. The number of hydrogen-bond acceptors (Lipinski definition) is 5. The number of nitrogens with zero attached hydrogens (tertiary/aromatic N) is 1. The molecule has 0 saturated carbocycles. The number of benzene rings is 1. The van der Waals surface area contributed by atoms with E-state index in [9.17, 15) is 10.1 Å². The zero-order chi connectivity index (χ0) is 15.0. The molecule has 0 unspecified atom stereocenters. The van der Waals surface area contributed by atoms with E-state index in [1.54, 1.807) is 23.9 Å². The maximum Gasteiger partial charge on any atom is 0.311 e. The first-order chi connectivity index (χ1) is 9.54. The summed E-state index contributed by atoms with van der Waals surface area (Å²) in [6.07, 6.45) is 1.76. The maximum atomic E-state index is 10.9. The molecule has 0 aliphatic carbocycles. The molecule has 0 aromatic heterocycles. The first kappa shape index (κ1) is 16.4. The van der Waals surface area contributed by atoms with Crippen molar-refractivity contribution in [3.8, 4) is 5.75 Å². The summed E-state index contributed by atoms with van der Waals surface area (Å²) < 4.78 is 5.49. The monoisotopic (exact) mass is 296 g/mol. The third-order valence-corrected chi connectivity index (χ3v) is 3.29. The second kappa shape index (κ2) is 8.47. The van der Waals surface area contributed by atoms with Crippen LogP contribution in [0.2, 0.25) is 0 Å². The number of nitrogens with one attached hydrogen (secondary N) is 1. The van der Waals surface area contributed by atoms with E-state index in [-0.39, 0.29) is 11.8 Å². The van der Waals surface area contributed by atoms with Crippen LogP contribution in [0.1, 0.15) is 13.8 Å². The van der Waals surface area contributed by atoms with Gasteiger partial charge in [-0.1, -0.05) is 6.08 Å². The quantitative estimate of drug-likeness (QED) is 0.326. The van der Waals surface area contributed by atoms with E-state index in [2.05, 4.69) is 11.9 Å². The molecule has 1 aromatic rings. The van der Waals surface area contributed by atoms with E-state index in [1.807, 2.05) is 19.9 Å². The summed E-state index contributed by atoms with van der Waals surface area (Å²) in [6.45, 7) is 8.14. The van der Waals surface area contributed by atoms with Gasteiger partial charge in [0.25, 0.3) is 0 Å². The molecular weight excluding hydrogens is 276 g/mol. The standard InChI is InChI=1S/C14H20N2O3S/c1-4-8-20-9-7-15-12-5-6-13(16(17)18)14(10-12)19-11(2)3/h4-6,10-11,15H,1,7-9H2,2-3H3. The topological polar surface area (TPSA) is 64.4 Å². The van der Waals surface area contributed by atoms with Crippen LogP contribution in [0.15, 0.2) is 30.9 Å². The summed E-state index contributed by atoms with van der Waals surface area (Å²) in [6, 6.07) is 4.84. The van der Waals surface area contributed by atoms with Crippen molar-refractivity contribution in [2.24, 2.45) is 0 Å². The Labute approximate surface area is 123 Å². The van der Waals surface area contributed by atoms with Crippen molar-refractivity contribution in [2.45, 2.75) is 20.0 Å². The average molecular weight is 296 g/mol. The first-order valence-electron chi connectivity index (χ1n) is 6.42. The van der Waals surface area contributed by atoms with Crippen LogP contribution in [0.5, 0.6) is 5.75 Å². The van der Waals surface area contributed by atoms with Crippen molar-refractivity contribution >= 4 is 23.1 Å². The molecule has 0 heterocycles. The summed E-state index contributed by atoms with van der Waals surface area (Å²) >= 11 is 1.78. The van der Waals surface area contributed by atoms with E-state index in [0.29, 0.717) is 5.75 Å². The van der Waals surface area contributed by atoms with Gasteiger partial charge in [0.2, 0.25) is 0 Å². The lowest BCUT2D eigenvalue weighted by atomic mass is 10.2. The second-order valence-electron chi connectivity index (χ2n) is 4.40. The average Bonchev–Trinajstić information content (AvgIpc) is 2.37. The van der Waals surface area contributed by atoms with E-state index >= 15 is 0 Å². The molecular formula is C14H20N2O3S. The first-order valence-corrected chi connectivity index (χ1v) is 7.57. The minimum atomic E-state index is -0.429. The molecule has 0 atom stereocenters. The molecule has 0 aliphatic rings. The number of rotatable bonds is 9. The van der Waals surface area contributed by atoms with Crippen molar-refractivity contribution < 1.29 is 9.66 Å². The van der Waals surface area contributed by atoms with Crippen LogP contribution < -0.4 is 10.1 Å². The lowest BCUT2D eigenvalue weighted by Gasteiger charge is -2.12. The molecule has 6 heteroatoms. The van der Waals surface area contributed by atoms with Crippen LogP contribution in [0.3, 0.4) is 0 Å². The lowest BCUT2D eigenvalue weighted by Crippen LogP contribution is -2.09. The number of nitro benzene ring substituents is 1. The molecule has 0 spiro atoms. The highest BCUT2D eigenvalue weighted by molar-refractivity contribution is 7.99. The van der Waals surface area contributed by atoms with Gasteiger partial charge < -0.3 is 10.1 Å². The smallest absolute Gasteiger partial charge is 0.311 e. The minimum absolute atomic E-state index is 0.00900. The SMILES string of the molecule is C=CCSCCNc1ccc([N+](=O)[O-])c(OC(C)C)c1. The Morgan fingerprint density at radius 2 is 2.30 bits per heavy atom. The van der Waals surface area contributed by atoms with Crippen LogP contribution >= 0.6 is 11.8 Å². The zero-order valence-electron chi connectivity index (χ0n) is 11.8. The molecule has 0 fully saturated rings. The summed E-state index contributed by atoms with van der Waals surface area (Å²) in [5.74, 6) is 2.17. The zero-order valence-corrected chi connectivity index (χ0v) is 12.6. The molecule has 110 valence electrons. The largest absolute Gasteiger partial charge is 0.484 e. The van der Waals surface area contributed by atoms with Gasteiger partial charge in [-0.05, 0) is 19.9 Å². The van der Waals surface area contributed by atoms with E-state index < -0.39 is 4.92 Å². The van der Waals surface area contributed by atoms with Crippen LogP contribution in [0.4, 0.5) is 11.4 Å². The molecule has 1 N–H and O–H groups in total. The molecule has 0 saturated heterocycles. The highest BCUT2D eigenvalue weighted by Crippen LogP contribution is 2.30. The Balaban J connectivity index is 2.68. The van der Waals surface area contributed by atoms with Crippen LogP contribution in [-0.4, -0.2) is 29.1 Å². The van der Waals surface area contributed by atoms with Crippen molar-refractivity contribution in [1.29, 1.82) is 0 Å². The summed E-state index contributed by atoms with van der Waals surface area (Å²) in [7, 11) is 0. The molecule has 0 radical (unpaired) electrons. The minimum Gasteiger partial charge on any atom is -0.484 e. The number of nitro groups is 1. The van der Waals surface area contributed by atoms with Gasteiger partial charge in [-0.25, -0.2) is 0 Å². The fraction of sp³-hybridized carbons (Fsp3) is 0.429. The van der Waals surface area contributed by atoms with E-state index in [0.717, 1.165) is 23.7 Å². The summed E-state index contributed by atoms with van der Waals surface area (Å²) in [5.41, 5.74) is 0.815. The fourth-order valence-electron chi connectivity index (χ4n) is 1.56. The Hall–Kier alpha value is -1.69. The number of thioether (sulfide) groups is 1. The predicted octanol–water partition coefficient (Wildman–Crippen LogP) is 3.71. The van der Waals surface area contributed by atoms with Gasteiger partial charge in [0, 0.05) is 35.9 Å². The van der Waals surface area contributed by atoms with Gasteiger partial charge in [-0.15, -0.1) is 6.58 Å². The molecule has 5 nitrogen and oxygen atoms in total. The van der Waals surface area contributed by atoms with Crippen molar-refractivity contribution in [3.05, 3.63) is 41.0 Å². The number of ether oxygens (including phenoxy) is 1. The van der Waals surface area contributed by atoms with Crippen molar-refractivity contribution in [3.63, 3.8) is 0 Å². The molecule has 0 aliphatic heterocycles. The molecule has 1 rings (SSSR count). The van der Waals surface area contributed by atoms with Gasteiger partial charge >= 0.3 is 5.69 Å². The summed E-state index contributed by atoms with van der Waals surface area (Å²) in [4.78, 5) is 10.5. The predicted molar refractivity (Wildman–Crippen MR) is 84.9 cm³/mol. The van der Waals surface area contributed by atoms with Crippen LogP contribution in [0.25, 0.3) is 0 Å². The third-order valence-electron chi connectivity index (χ3n) is 2.33. The highest BCUT2D eigenvalue weighted by atomic mass is 32.2. The Bertz CT molecular complexity index is 464. The van der Waals surface area contributed by atoms with Crippen molar-refractivity contribution in [1.82, 2.24) is 0 Å². The van der Waals surface area contributed by atoms with Gasteiger partial charge in [-0.3, -0.25) is 10.1 Å². The third kappa shape index (κ3) is 5.52. The van der Waals surface area contributed by atoms with Crippen LogP contribution in [-0.2, 0) is 0 Å². The molecule has 20 heavy (non-hydrogen) atoms. The van der Waals surface area contributed by atoms with Gasteiger partial charge in [0.15, 0.2) is 5.75 Å². The van der Waals surface area contributed by atoms with Crippen LogP contribution in [0, 0.1) is 10.1 Å². The normalized spacial score (nSPS) is 10.3. The van der Waals surface area contributed by atoms with Crippen molar-refractivity contribution in [2.75, 3.05) is 23.4 Å². The van der Waals surface area contributed by atoms with Gasteiger partial charge in [0.05, 0.1) is 11.0 Å². The molecule has 0 bridgehead atoms. The number of anilines is 1. The Morgan fingerprint density at radius 1 is 1.55 bits per heavy atom. The van der Waals surface area contributed by atoms with Gasteiger partial charge in [0.1, 0.15) is 0 Å². The second-order valence-corrected chi connectivity index (χ2v) is 5.55. The van der Waals surface area contributed by atoms with Gasteiger partial charge in [-0.2, -0.15) is 11.8 Å². The number of hydrogen-bond donors (Lipinski definition) is 1. The lowest BCUT2D eigenvalue weighted by molar-refractivity contribution is -0.386.